The van der Waals surface area contributed by atoms with E-state index in [9.17, 15) is 14.9 Å². The van der Waals surface area contributed by atoms with E-state index in [-0.39, 0.29) is 11.3 Å². The lowest BCUT2D eigenvalue weighted by Crippen LogP contribution is -2.14. The lowest BCUT2D eigenvalue weighted by Gasteiger charge is -2.06. The van der Waals surface area contributed by atoms with E-state index in [0.717, 1.165) is 10.9 Å². The average Bonchev–Trinajstić information content (AvgIpc) is 2.54. The van der Waals surface area contributed by atoms with Gasteiger partial charge in [0.1, 0.15) is 5.56 Å². The molecule has 0 saturated carbocycles. The highest BCUT2D eigenvalue weighted by atomic mass is 16.6. The number of anilines is 1. The predicted molar refractivity (Wildman–Crippen MR) is 82.8 cm³/mol. The number of carbonyl (C=O) groups excluding carboxylic acids is 1. The maximum Gasteiger partial charge on any atom is 0.282 e. The zero-order valence-corrected chi connectivity index (χ0v) is 11.4. The molecule has 0 unspecified atom stereocenters. The highest BCUT2D eigenvalue weighted by molar-refractivity contribution is 6.07. The summed E-state index contributed by atoms with van der Waals surface area (Å²) in [5.41, 5.74) is 1.09. The molecule has 0 spiro atoms. The Hall–Kier alpha value is -3.28. The van der Waals surface area contributed by atoms with Gasteiger partial charge in [-0.25, -0.2) is 0 Å². The van der Waals surface area contributed by atoms with Gasteiger partial charge < -0.3 is 5.32 Å². The zero-order chi connectivity index (χ0) is 15.5. The van der Waals surface area contributed by atoms with E-state index in [0.29, 0.717) is 5.69 Å². The average molecular weight is 293 g/mol. The standard InChI is InChI=1S/C16H11N3O3/c20-16(13-6-2-4-8-15(13)19(21)22)18-12-9-11-5-1-3-7-14(11)17-10-12/h1-10H,(H,18,20). The number of carbonyl (C=O) groups is 1. The van der Waals surface area contributed by atoms with Crippen LogP contribution in [0.2, 0.25) is 0 Å². The van der Waals surface area contributed by atoms with Crippen LogP contribution >= 0.6 is 0 Å². The first-order valence-electron chi connectivity index (χ1n) is 6.55. The number of fused-ring (bicyclic) bond motifs is 1. The summed E-state index contributed by atoms with van der Waals surface area (Å²) in [6.45, 7) is 0. The summed E-state index contributed by atoms with van der Waals surface area (Å²) < 4.78 is 0. The summed E-state index contributed by atoms with van der Waals surface area (Å²) in [6.07, 6.45) is 1.52. The van der Waals surface area contributed by atoms with Crippen molar-refractivity contribution in [2.24, 2.45) is 0 Å². The van der Waals surface area contributed by atoms with Gasteiger partial charge in [0.15, 0.2) is 0 Å². The number of nitro benzene ring substituents is 1. The molecular weight excluding hydrogens is 282 g/mol. The molecule has 6 heteroatoms. The van der Waals surface area contributed by atoms with Crippen molar-refractivity contribution in [2.45, 2.75) is 0 Å². The summed E-state index contributed by atoms with van der Waals surface area (Å²) in [5.74, 6) is -0.538. The molecule has 3 rings (SSSR count). The third-order valence-corrected chi connectivity index (χ3v) is 3.19. The van der Waals surface area contributed by atoms with Gasteiger partial charge in [0, 0.05) is 11.5 Å². The Morgan fingerprint density at radius 2 is 1.82 bits per heavy atom. The minimum Gasteiger partial charge on any atom is -0.320 e. The second-order valence-electron chi connectivity index (χ2n) is 4.65. The number of nitrogens with zero attached hydrogens (tertiary/aromatic N) is 2. The fraction of sp³-hybridized carbons (Fsp3) is 0. The molecule has 22 heavy (non-hydrogen) atoms. The van der Waals surface area contributed by atoms with Crippen LogP contribution in [0.25, 0.3) is 10.9 Å². The van der Waals surface area contributed by atoms with Gasteiger partial charge in [0.25, 0.3) is 11.6 Å². The molecule has 1 heterocycles. The van der Waals surface area contributed by atoms with Crippen LogP contribution in [0.15, 0.2) is 60.8 Å². The topological polar surface area (TPSA) is 85.1 Å². The lowest BCUT2D eigenvalue weighted by molar-refractivity contribution is -0.385. The van der Waals surface area contributed by atoms with Crippen molar-refractivity contribution >= 4 is 28.2 Å². The normalized spacial score (nSPS) is 10.4. The van der Waals surface area contributed by atoms with Crippen molar-refractivity contribution < 1.29 is 9.72 Å². The molecule has 3 aromatic rings. The molecule has 0 saturated heterocycles. The molecule has 2 aromatic carbocycles. The van der Waals surface area contributed by atoms with Gasteiger partial charge in [0.05, 0.1) is 22.3 Å². The number of para-hydroxylation sites is 2. The monoisotopic (exact) mass is 293 g/mol. The molecule has 0 atom stereocenters. The highest BCUT2D eigenvalue weighted by Gasteiger charge is 2.19. The maximum atomic E-state index is 12.2. The second kappa shape index (κ2) is 5.61. The first-order chi connectivity index (χ1) is 10.6. The molecule has 0 aliphatic carbocycles. The molecule has 0 aliphatic rings. The summed E-state index contributed by atoms with van der Waals surface area (Å²) >= 11 is 0. The predicted octanol–water partition coefficient (Wildman–Crippen LogP) is 3.40. The number of nitrogens with one attached hydrogen (secondary N) is 1. The van der Waals surface area contributed by atoms with E-state index in [1.54, 1.807) is 12.1 Å². The van der Waals surface area contributed by atoms with Crippen LogP contribution in [0.3, 0.4) is 0 Å². The number of nitro groups is 1. The minimum atomic E-state index is -0.576. The third kappa shape index (κ3) is 2.62. The Balaban J connectivity index is 1.91. The third-order valence-electron chi connectivity index (χ3n) is 3.19. The number of benzene rings is 2. The van der Waals surface area contributed by atoms with Crippen LogP contribution < -0.4 is 5.32 Å². The van der Waals surface area contributed by atoms with Gasteiger partial charge >= 0.3 is 0 Å². The Morgan fingerprint density at radius 3 is 2.64 bits per heavy atom. The summed E-state index contributed by atoms with van der Waals surface area (Å²) in [7, 11) is 0. The number of hydrogen-bond donors (Lipinski definition) is 1. The molecule has 108 valence electrons. The molecule has 6 nitrogen and oxygen atoms in total. The first kappa shape index (κ1) is 13.7. The van der Waals surface area contributed by atoms with Crippen molar-refractivity contribution in [3.63, 3.8) is 0 Å². The van der Waals surface area contributed by atoms with Crippen LogP contribution in [-0.4, -0.2) is 15.8 Å². The lowest BCUT2D eigenvalue weighted by atomic mass is 10.1. The molecule has 1 N–H and O–H groups in total. The van der Waals surface area contributed by atoms with E-state index in [2.05, 4.69) is 10.3 Å². The number of aromatic nitrogens is 1. The van der Waals surface area contributed by atoms with Gasteiger partial charge in [-0.15, -0.1) is 0 Å². The SMILES string of the molecule is O=C(Nc1cnc2ccccc2c1)c1ccccc1[N+](=O)[O-]. The second-order valence-corrected chi connectivity index (χ2v) is 4.65. The van der Waals surface area contributed by atoms with E-state index < -0.39 is 10.8 Å². The maximum absolute atomic E-state index is 12.2. The number of rotatable bonds is 3. The molecular formula is C16H11N3O3. The van der Waals surface area contributed by atoms with E-state index >= 15 is 0 Å². The van der Waals surface area contributed by atoms with E-state index in [4.69, 9.17) is 0 Å². The van der Waals surface area contributed by atoms with Gasteiger partial charge in [-0.3, -0.25) is 19.9 Å². The number of amides is 1. The number of pyridine rings is 1. The Bertz CT molecular complexity index is 877. The molecule has 1 aromatic heterocycles. The fourth-order valence-electron chi connectivity index (χ4n) is 2.16. The summed E-state index contributed by atoms with van der Waals surface area (Å²) in [6, 6.07) is 15.1. The van der Waals surface area contributed by atoms with Crippen LogP contribution in [0.1, 0.15) is 10.4 Å². The highest BCUT2D eigenvalue weighted by Crippen LogP contribution is 2.21. The van der Waals surface area contributed by atoms with Gasteiger partial charge in [-0.1, -0.05) is 30.3 Å². The van der Waals surface area contributed by atoms with Gasteiger partial charge in [0.2, 0.25) is 0 Å². The van der Waals surface area contributed by atoms with Crippen molar-refractivity contribution in [3.05, 3.63) is 76.5 Å². The van der Waals surface area contributed by atoms with E-state index in [1.165, 1.54) is 24.4 Å². The van der Waals surface area contributed by atoms with Crippen LogP contribution in [0, 0.1) is 10.1 Å². The minimum absolute atomic E-state index is 0.0145. The molecule has 0 fully saturated rings. The molecule has 0 radical (unpaired) electrons. The molecule has 0 aliphatic heterocycles. The fourth-order valence-corrected chi connectivity index (χ4v) is 2.16. The van der Waals surface area contributed by atoms with E-state index in [1.807, 2.05) is 24.3 Å². The Morgan fingerprint density at radius 1 is 1.09 bits per heavy atom. The quantitative estimate of drug-likeness (QED) is 0.592. The van der Waals surface area contributed by atoms with Crippen LogP contribution in [0.5, 0.6) is 0 Å². The van der Waals surface area contributed by atoms with Crippen LogP contribution in [-0.2, 0) is 0 Å². The Kier molecular flexibility index (Phi) is 3.49. The van der Waals surface area contributed by atoms with Crippen molar-refractivity contribution in [2.75, 3.05) is 5.32 Å². The smallest absolute Gasteiger partial charge is 0.282 e. The first-order valence-corrected chi connectivity index (χ1v) is 6.55. The molecule has 1 amide bonds. The van der Waals surface area contributed by atoms with Crippen LogP contribution in [0.4, 0.5) is 11.4 Å². The number of hydrogen-bond acceptors (Lipinski definition) is 4. The summed E-state index contributed by atoms with van der Waals surface area (Å²) in [5, 5.41) is 14.5. The van der Waals surface area contributed by atoms with Gasteiger partial charge in [-0.05, 0) is 18.2 Å². The van der Waals surface area contributed by atoms with Crippen molar-refractivity contribution in [1.82, 2.24) is 4.98 Å². The largest absolute Gasteiger partial charge is 0.320 e. The molecule has 0 bridgehead atoms. The van der Waals surface area contributed by atoms with Gasteiger partial charge in [-0.2, -0.15) is 0 Å². The summed E-state index contributed by atoms with van der Waals surface area (Å²) in [4.78, 5) is 26.9. The zero-order valence-electron chi connectivity index (χ0n) is 11.4. The Labute approximate surface area is 125 Å². The van der Waals surface area contributed by atoms with Crippen molar-refractivity contribution in [3.8, 4) is 0 Å². The van der Waals surface area contributed by atoms with Crippen molar-refractivity contribution in [1.29, 1.82) is 0 Å².